The topological polar surface area (TPSA) is 37.3 Å². The summed E-state index contributed by atoms with van der Waals surface area (Å²) in [6.07, 6.45) is 1.62. The van der Waals surface area contributed by atoms with Gasteiger partial charge >= 0.3 is 5.97 Å². The fraction of sp³-hybridized carbons (Fsp3) is 0.100. The molecular formula is C10H9ClO2S. The highest BCUT2D eigenvalue weighted by atomic mass is 35.7. The average molecular weight is 229 g/mol. The molecule has 0 heterocycles. The Kier molecular flexibility index (Phi) is 4.04. The third-order valence-corrected chi connectivity index (χ3v) is 2.67. The molecule has 0 saturated heterocycles. The fourth-order valence-electron chi connectivity index (χ4n) is 0.927. The van der Waals surface area contributed by atoms with Crippen molar-refractivity contribution in [3.8, 4) is 0 Å². The number of aliphatic carboxylic acids is 1. The number of benzene rings is 1. The van der Waals surface area contributed by atoms with Crippen molar-refractivity contribution >= 4 is 33.7 Å². The summed E-state index contributed by atoms with van der Waals surface area (Å²) >= 11 is 0. The maximum Gasteiger partial charge on any atom is 0.331 e. The zero-order valence-corrected chi connectivity index (χ0v) is 9.10. The highest BCUT2D eigenvalue weighted by Gasteiger charge is 1.99. The lowest BCUT2D eigenvalue weighted by Crippen LogP contribution is -1.95. The maximum atomic E-state index is 10.5. The molecule has 0 fully saturated rings. The van der Waals surface area contributed by atoms with Gasteiger partial charge in [0.25, 0.3) is 0 Å². The largest absolute Gasteiger partial charge is 0.478 e. The van der Waals surface area contributed by atoms with Gasteiger partial charge in [0.1, 0.15) is 0 Å². The van der Waals surface area contributed by atoms with Crippen molar-refractivity contribution in [1.29, 1.82) is 0 Å². The number of carboxylic acids is 1. The second-order valence-corrected chi connectivity index (χ2v) is 3.87. The van der Waals surface area contributed by atoms with Crippen molar-refractivity contribution in [2.75, 3.05) is 0 Å². The molecule has 74 valence electrons. The van der Waals surface area contributed by atoms with Gasteiger partial charge in [-0.3, -0.25) is 0 Å². The Balaban J connectivity index is 2.88. The van der Waals surface area contributed by atoms with Gasteiger partial charge in [0.15, 0.2) is 0 Å². The van der Waals surface area contributed by atoms with Gasteiger partial charge in [-0.05, 0) is 52.4 Å². The molecular weight excluding hydrogens is 220 g/mol. The Labute approximate surface area is 91.1 Å². The lowest BCUT2D eigenvalue weighted by Gasteiger charge is -1.97. The minimum absolute atomic E-state index is 0.316. The first kappa shape index (κ1) is 11.1. The van der Waals surface area contributed by atoms with E-state index >= 15 is 0 Å². The molecule has 0 aliphatic carbocycles. The van der Waals surface area contributed by atoms with Crippen LogP contribution in [0.5, 0.6) is 0 Å². The molecule has 0 amide bonds. The molecule has 4 heteroatoms. The molecule has 1 rings (SSSR count). The minimum Gasteiger partial charge on any atom is -0.478 e. The Morgan fingerprint density at radius 1 is 1.43 bits per heavy atom. The predicted octanol–water partition coefficient (Wildman–Crippen LogP) is 3.42. The SMILES string of the molecule is CC(=Cc1ccc(SCl)cc1)C(=O)O. The van der Waals surface area contributed by atoms with E-state index in [1.807, 2.05) is 24.3 Å². The second-order valence-electron chi connectivity index (χ2n) is 2.78. The molecule has 1 aromatic carbocycles. The summed E-state index contributed by atoms with van der Waals surface area (Å²) < 4.78 is 0. The number of hydrogen-bond acceptors (Lipinski definition) is 2. The Morgan fingerprint density at radius 3 is 2.43 bits per heavy atom. The summed E-state index contributed by atoms with van der Waals surface area (Å²) in [6.45, 7) is 1.56. The normalized spacial score (nSPS) is 11.4. The summed E-state index contributed by atoms with van der Waals surface area (Å²) in [7, 11) is 6.68. The lowest BCUT2D eigenvalue weighted by molar-refractivity contribution is -0.132. The van der Waals surface area contributed by atoms with E-state index in [9.17, 15) is 4.79 Å². The van der Waals surface area contributed by atoms with Crippen molar-refractivity contribution in [3.05, 3.63) is 35.4 Å². The van der Waals surface area contributed by atoms with E-state index < -0.39 is 5.97 Å². The molecule has 0 aliphatic heterocycles. The third-order valence-electron chi connectivity index (χ3n) is 1.69. The van der Waals surface area contributed by atoms with Gasteiger partial charge in [-0.2, -0.15) is 0 Å². The lowest BCUT2D eigenvalue weighted by atomic mass is 10.1. The van der Waals surface area contributed by atoms with E-state index in [-0.39, 0.29) is 0 Å². The number of carboxylic acid groups (broad SMARTS) is 1. The van der Waals surface area contributed by atoms with Crippen LogP contribution in [-0.4, -0.2) is 11.1 Å². The van der Waals surface area contributed by atoms with Crippen molar-refractivity contribution in [2.45, 2.75) is 11.8 Å². The highest BCUT2D eigenvalue weighted by Crippen LogP contribution is 2.22. The van der Waals surface area contributed by atoms with Crippen LogP contribution in [0.25, 0.3) is 6.08 Å². The summed E-state index contributed by atoms with van der Waals surface area (Å²) in [4.78, 5) is 11.5. The zero-order valence-electron chi connectivity index (χ0n) is 7.53. The first-order valence-corrected chi connectivity index (χ1v) is 5.58. The molecule has 0 aromatic heterocycles. The number of hydrogen-bond donors (Lipinski definition) is 1. The summed E-state index contributed by atoms with van der Waals surface area (Å²) in [6, 6.07) is 7.35. The van der Waals surface area contributed by atoms with Gasteiger partial charge in [0.05, 0.1) is 0 Å². The van der Waals surface area contributed by atoms with Gasteiger partial charge in [-0.15, -0.1) is 0 Å². The fourth-order valence-corrected chi connectivity index (χ4v) is 1.47. The standard InChI is InChI=1S/C10H9ClO2S/c1-7(10(12)13)6-8-2-4-9(14-11)5-3-8/h2-6H,1H3,(H,12,13). The average Bonchev–Trinajstić information content (AvgIpc) is 2.19. The molecule has 0 aliphatic rings. The van der Waals surface area contributed by atoms with Crippen molar-refractivity contribution < 1.29 is 9.90 Å². The van der Waals surface area contributed by atoms with Crippen LogP contribution < -0.4 is 0 Å². The molecule has 0 radical (unpaired) electrons. The summed E-state index contributed by atoms with van der Waals surface area (Å²) in [5.41, 5.74) is 1.18. The van der Waals surface area contributed by atoms with Crippen LogP contribution in [0.1, 0.15) is 12.5 Å². The van der Waals surface area contributed by atoms with Crippen LogP contribution in [0.4, 0.5) is 0 Å². The van der Waals surface area contributed by atoms with Crippen LogP contribution in [0.2, 0.25) is 0 Å². The molecule has 14 heavy (non-hydrogen) atoms. The maximum absolute atomic E-state index is 10.5. The van der Waals surface area contributed by atoms with Crippen LogP contribution in [-0.2, 0) is 4.79 Å². The smallest absolute Gasteiger partial charge is 0.331 e. The first-order valence-electron chi connectivity index (χ1n) is 3.93. The Morgan fingerprint density at radius 2 is 2.00 bits per heavy atom. The van der Waals surface area contributed by atoms with E-state index in [1.54, 1.807) is 13.0 Å². The third kappa shape index (κ3) is 3.09. The van der Waals surface area contributed by atoms with Crippen molar-refractivity contribution in [2.24, 2.45) is 0 Å². The number of halogens is 1. The minimum atomic E-state index is -0.902. The van der Waals surface area contributed by atoms with E-state index in [0.29, 0.717) is 5.57 Å². The summed E-state index contributed by atoms with van der Waals surface area (Å²) in [5, 5.41) is 8.65. The van der Waals surface area contributed by atoms with Crippen LogP contribution in [0, 0.1) is 0 Å². The van der Waals surface area contributed by atoms with Gasteiger partial charge in [-0.1, -0.05) is 12.1 Å². The Hall–Kier alpha value is -0.930. The molecule has 0 saturated carbocycles. The monoisotopic (exact) mass is 228 g/mol. The molecule has 0 atom stereocenters. The quantitative estimate of drug-likeness (QED) is 0.806. The van der Waals surface area contributed by atoms with Gasteiger partial charge in [0, 0.05) is 10.5 Å². The second kappa shape index (κ2) is 5.08. The number of carbonyl (C=O) groups is 1. The van der Waals surface area contributed by atoms with Crippen molar-refractivity contribution in [1.82, 2.24) is 0 Å². The van der Waals surface area contributed by atoms with E-state index in [0.717, 1.165) is 21.4 Å². The molecule has 0 spiro atoms. The van der Waals surface area contributed by atoms with Crippen LogP contribution >= 0.6 is 21.7 Å². The Bertz CT molecular complexity index is 357. The molecule has 1 N–H and O–H groups in total. The molecule has 0 unspecified atom stereocenters. The van der Waals surface area contributed by atoms with Crippen LogP contribution in [0.15, 0.2) is 34.7 Å². The molecule has 0 bridgehead atoms. The van der Waals surface area contributed by atoms with E-state index in [1.165, 1.54) is 0 Å². The molecule has 2 nitrogen and oxygen atoms in total. The summed E-state index contributed by atoms with van der Waals surface area (Å²) in [5.74, 6) is -0.902. The molecule has 1 aromatic rings. The van der Waals surface area contributed by atoms with E-state index in [4.69, 9.17) is 15.8 Å². The zero-order chi connectivity index (χ0) is 10.6. The first-order chi connectivity index (χ1) is 6.63. The number of rotatable bonds is 3. The van der Waals surface area contributed by atoms with Gasteiger partial charge in [0.2, 0.25) is 0 Å². The van der Waals surface area contributed by atoms with Crippen LogP contribution in [0.3, 0.4) is 0 Å². The predicted molar refractivity (Wildman–Crippen MR) is 59.4 cm³/mol. The highest BCUT2D eigenvalue weighted by molar-refractivity contribution is 8.21. The van der Waals surface area contributed by atoms with E-state index in [2.05, 4.69) is 0 Å². The van der Waals surface area contributed by atoms with Gasteiger partial charge < -0.3 is 5.11 Å². The van der Waals surface area contributed by atoms with Gasteiger partial charge in [-0.25, -0.2) is 4.79 Å². The van der Waals surface area contributed by atoms with Crippen molar-refractivity contribution in [3.63, 3.8) is 0 Å².